The van der Waals surface area contributed by atoms with Gasteiger partial charge in [-0.1, -0.05) is 18.2 Å². The minimum atomic E-state index is 0.219. The summed E-state index contributed by atoms with van der Waals surface area (Å²) >= 11 is 0. The molecule has 1 aromatic carbocycles. The van der Waals surface area contributed by atoms with Crippen LogP contribution in [-0.2, 0) is 4.74 Å². The van der Waals surface area contributed by atoms with Gasteiger partial charge in [-0.2, -0.15) is 0 Å². The molecule has 1 aliphatic heterocycles. The smallest absolute Gasteiger partial charge is 0.127 e. The fourth-order valence-corrected chi connectivity index (χ4v) is 1.57. The number of nitrogens with one attached hydrogen (secondary N) is 1. The first kappa shape index (κ1) is 8.57. The van der Waals surface area contributed by atoms with Crippen LogP contribution >= 0.6 is 0 Å². The molecule has 1 fully saturated rings. The molecule has 1 atom stereocenters. The molecule has 13 heavy (non-hydrogen) atoms. The topological polar surface area (TPSA) is 21.3 Å². The molecule has 1 N–H and O–H groups in total. The van der Waals surface area contributed by atoms with Gasteiger partial charge >= 0.3 is 0 Å². The van der Waals surface area contributed by atoms with E-state index in [2.05, 4.69) is 17.4 Å². The summed E-state index contributed by atoms with van der Waals surface area (Å²) in [7, 11) is 0. The Balaban J connectivity index is 1.90. The van der Waals surface area contributed by atoms with Crippen LogP contribution in [0.15, 0.2) is 30.3 Å². The SMILES string of the molecule is c1ccc(NC2CCCCO2)cc1. The van der Waals surface area contributed by atoms with E-state index in [-0.39, 0.29) is 6.23 Å². The van der Waals surface area contributed by atoms with E-state index in [9.17, 15) is 0 Å². The summed E-state index contributed by atoms with van der Waals surface area (Å²) < 4.78 is 5.57. The number of anilines is 1. The molecule has 2 rings (SSSR count). The standard InChI is InChI=1S/C11H15NO/c1-2-6-10(7-3-1)12-11-8-4-5-9-13-11/h1-3,6-7,11-12H,4-5,8-9H2. The predicted octanol–water partition coefficient (Wildman–Crippen LogP) is 2.63. The van der Waals surface area contributed by atoms with Crippen molar-refractivity contribution >= 4 is 5.69 Å². The third kappa shape index (κ3) is 2.46. The van der Waals surface area contributed by atoms with Crippen LogP contribution < -0.4 is 5.32 Å². The van der Waals surface area contributed by atoms with Gasteiger partial charge in [-0.3, -0.25) is 0 Å². The molecule has 2 heteroatoms. The lowest BCUT2D eigenvalue weighted by Crippen LogP contribution is -2.27. The fourth-order valence-electron chi connectivity index (χ4n) is 1.57. The average Bonchev–Trinajstić information content (AvgIpc) is 2.21. The second kappa shape index (κ2) is 4.28. The molecule has 1 aliphatic rings. The Kier molecular flexibility index (Phi) is 2.82. The molecule has 0 spiro atoms. The zero-order chi connectivity index (χ0) is 8.93. The fraction of sp³-hybridized carbons (Fsp3) is 0.455. The number of benzene rings is 1. The van der Waals surface area contributed by atoms with E-state index in [1.165, 1.54) is 12.8 Å². The summed E-state index contributed by atoms with van der Waals surface area (Å²) in [6.07, 6.45) is 3.81. The average molecular weight is 177 g/mol. The first-order chi connectivity index (χ1) is 6.45. The third-order valence-corrected chi connectivity index (χ3v) is 2.28. The van der Waals surface area contributed by atoms with Crippen LogP contribution in [0.25, 0.3) is 0 Å². The summed E-state index contributed by atoms with van der Waals surface area (Å²) in [4.78, 5) is 0. The molecule has 0 saturated carbocycles. The monoisotopic (exact) mass is 177 g/mol. The Morgan fingerprint density at radius 3 is 2.69 bits per heavy atom. The van der Waals surface area contributed by atoms with Crippen LogP contribution in [-0.4, -0.2) is 12.8 Å². The molecule has 1 aromatic rings. The Morgan fingerprint density at radius 2 is 2.00 bits per heavy atom. The predicted molar refractivity (Wildman–Crippen MR) is 53.7 cm³/mol. The molecule has 2 nitrogen and oxygen atoms in total. The van der Waals surface area contributed by atoms with Gasteiger partial charge in [0.2, 0.25) is 0 Å². The van der Waals surface area contributed by atoms with Crippen LogP contribution in [0, 0.1) is 0 Å². The van der Waals surface area contributed by atoms with Gasteiger partial charge < -0.3 is 10.1 Å². The van der Waals surface area contributed by atoms with E-state index in [1.807, 2.05) is 18.2 Å². The highest BCUT2D eigenvalue weighted by atomic mass is 16.5. The highest BCUT2D eigenvalue weighted by Gasteiger charge is 2.12. The summed E-state index contributed by atoms with van der Waals surface area (Å²) in [5, 5.41) is 3.36. The molecule has 1 heterocycles. The molecular weight excluding hydrogens is 162 g/mol. The van der Waals surface area contributed by atoms with Crippen LogP contribution in [0.2, 0.25) is 0 Å². The maximum absolute atomic E-state index is 5.57. The van der Waals surface area contributed by atoms with Crippen molar-refractivity contribution in [2.75, 3.05) is 11.9 Å². The maximum Gasteiger partial charge on any atom is 0.127 e. The molecule has 0 aliphatic carbocycles. The van der Waals surface area contributed by atoms with Crippen LogP contribution in [0.5, 0.6) is 0 Å². The van der Waals surface area contributed by atoms with Crippen LogP contribution in [0.4, 0.5) is 5.69 Å². The zero-order valence-corrected chi connectivity index (χ0v) is 7.70. The van der Waals surface area contributed by atoms with Gasteiger partial charge in [0.15, 0.2) is 0 Å². The molecule has 0 aromatic heterocycles. The minimum Gasteiger partial charge on any atom is -0.360 e. The molecule has 70 valence electrons. The summed E-state index contributed by atoms with van der Waals surface area (Å²) in [6.45, 7) is 0.893. The summed E-state index contributed by atoms with van der Waals surface area (Å²) in [5.74, 6) is 0. The maximum atomic E-state index is 5.57. The van der Waals surface area contributed by atoms with E-state index in [0.717, 1.165) is 18.7 Å². The van der Waals surface area contributed by atoms with Crippen molar-refractivity contribution in [1.82, 2.24) is 0 Å². The highest BCUT2D eigenvalue weighted by Crippen LogP contribution is 2.15. The molecular formula is C11H15NO. The number of para-hydroxylation sites is 1. The molecule has 0 amide bonds. The summed E-state index contributed by atoms with van der Waals surface area (Å²) in [5.41, 5.74) is 1.15. The largest absolute Gasteiger partial charge is 0.360 e. The van der Waals surface area contributed by atoms with Gasteiger partial charge in [0, 0.05) is 12.3 Å². The lowest BCUT2D eigenvalue weighted by molar-refractivity contribution is 0.0343. The second-order valence-corrected chi connectivity index (χ2v) is 3.37. The lowest BCUT2D eigenvalue weighted by atomic mass is 10.2. The number of rotatable bonds is 2. The van der Waals surface area contributed by atoms with Gasteiger partial charge in [-0.15, -0.1) is 0 Å². The second-order valence-electron chi connectivity index (χ2n) is 3.37. The Bertz CT molecular complexity index is 242. The van der Waals surface area contributed by atoms with Crippen molar-refractivity contribution in [3.05, 3.63) is 30.3 Å². The first-order valence-electron chi connectivity index (χ1n) is 4.88. The highest BCUT2D eigenvalue weighted by molar-refractivity contribution is 5.42. The molecule has 0 bridgehead atoms. The van der Waals surface area contributed by atoms with Gasteiger partial charge in [0.25, 0.3) is 0 Å². The van der Waals surface area contributed by atoms with Gasteiger partial charge in [-0.25, -0.2) is 0 Å². The van der Waals surface area contributed by atoms with Crippen LogP contribution in [0.1, 0.15) is 19.3 Å². The minimum absolute atomic E-state index is 0.219. The lowest BCUT2D eigenvalue weighted by Gasteiger charge is -2.24. The van der Waals surface area contributed by atoms with E-state index < -0.39 is 0 Å². The Hall–Kier alpha value is -1.02. The number of hydrogen-bond acceptors (Lipinski definition) is 2. The van der Waals surface area contributed by atoms with E-state index in [4.69, 9.17) is 4.74 Å². The first-order valence-corrected chi connectivity index (χ1v) is 4.88. The van der Waals surface area contributed by atoms with Gasteiger partial charge in [0.05, 0.1) is 0 Å². The Labute approximate surface area is 78.9 Å². The van der Waals surface area contributed by atoms with E-state index >= 15 is 0 Å². The van der Waals surface area contributed by atoms with Crippen molar-refractivity contribution in [2.45, 2.75) is 25.5 Å². The van der Waals surface area contributed by atoms with Crippen molar-refractivity contribution in [3.8, 4) is 0 Å². The number of ether oxygens (including phenoxy) is 1. The zero-order valence-electron chi connectivity index (χ0n) is 7.70. The third-order valence-electron chi connectivity index (χ3n) is 2.28. The van der Waals surface area contributed by atoms with Crippen molar-refractivity contribution < 1.29 is 4.74 Å². The van der Waals surface area contributed by atoms with Crippen molar-refractivity contribution in [3.63, 3.8) is 0 Å². The van der Waals surface area contributed by atoms with Gasteiger partial charge in [-0.05, 0) is 31.4 Å². The molecule has 1 saturated heterocycles. The quantitative estimate of drug-likeness (QED) is 0.749. The molecule has 0 radical (unpaired) electrons. The Morgan fingerprint density at radius 1 is 1.15 bits per heavy atom. The van der Waals surface area contributed by atoms with E-state index in [0.29, 0.717) is 0 Å². The summed E-state index contributed by atoms with van der Waals surface area (Å²) in [6, 6.07) is 10.2. The number of hydrogen-bond donors (Lipinski definition) is 1. The van der Waals surface area contributed by atoms with Crippen molar-refractivity contribution in [1.29, 1.82) is 0 Å². The molecule has 1 unspecified atom stereocenters. The van der Waals surface area contributed by atoms with E-state index in [1.54, 1.807) is 0 Å². The normalized spacial score (nSPS) is 22.6. The van der Waals surface area contributed by atoms with Crippen molar-refractivity contribution in [2.24, 2.45) is 0 Å². The van der Waals surface area contributed by atoms with Gasteiger partial charge in [0.1, 0.15) is 6.23 Å². The van der Waals surface area contributed by atoms with Crippen LogP contribution in [0.3, 0.4) is 0 Å².